The number of nitrogens with zero attached hydrogens (tertiary/aromatic N) is 2. The van der Waals surface area contributed by atoms with E-state index in [2.05, 4.69) is 18.4 Å². The number of hydrogen-bond acceptors (Lipinski definition) is 3. The third-order valence-electron chi connectivity index (χ3n) is 3.33. The maximum atomic E-state index is 12.4. The van der Waals surface area contributed by atoms with E-state index in [1.165, 1.54) is 10.4 Å². The molecule has 0 unspecified atom stereocenters. The first-order chi connectivity index (χ1) is 9.49. The molecule has 0 saturated heterocycles. The van der Waals surface area contributed by atoms with Crippen LogP contribution in [0, 0.1) is 6.92 Å². The van der Waals surface area contributed by atoms with Crippen molar-refractivity contribution in [2.45, 2.75) is 13.5 Å². The molecule has 0 bridgehead atoms. The lowest BCUT2D eigenvalue weighted by atomic mass is 10.1. The minimum atomic E-state index is 0.0584. The summed E-state index contributed by atoms with van der Waals surface area (Å²) in [4.78, 5) is 17.4. The molecule has 2 rings (SSSR count). The average Bonchev–Trinajstić information content (AvgIpc) is 2.83. The van der Waals surface area contributed by atoms with E-state index in [4.69, 9.17) is 0 Å². The molecule has 0 aliphatic heterocycles. The molecular weight excluding hydrogens is 268 g/mol. The third-order valence-corrected chi connectivity index (χ3v) is 4.33. The number of rotatable bonds is 4. The van der Waals surface area contributed by atoms with E-state index in [0.717, 1.165) is 11.3 Å². The average molecular weight is 288 g/mol. The Morgan fingerprint density at radius 1 is 1.10 bits per heavy atom. The summed E-state index contributed by atoms with van der Waals surface area (Å²) >= 11 is 1.70. The molecule has 4 heteroatoms. The lowest BCUT2D eigenvalue weighted by Gasteiger charge is -2.18. The van der Waals surface area contributed by atoms with Gasteiger partial charge in [0.05, 0.1) is 6.54 Å². The molecule has 1 heterocycles. The van der Waals surface area contributed by atoms with Crippen LogP contribution in [-0.4, -0.2) is 32.0 Å². The number of aryl methyl sites for hydroxylation is 1. The van der Waals surface area contributed by atoms with E-state index in [1.807, 2.05) is 50.3 Å². The van der Waals surface area contributed by atoms with Gasteiger partial charge < -0.3 is 9.80 Å². The first kappa shape index (κ1) is 14.6. The minimum absolute atomic E-state index is 0.0584. The number of amides is 1. The number of anilines is 1. The molecule has 1 aromatic heterocycles. The zero-order valence-corrected chi connectivity index (χ0v) is 13.2. The van der Waals surface area contributed by atoms with Crippen LogP contribution in [0.2, 0.25) is 0 Å². The van der Waals surface area contributed by atoms with E-state index in [-0.39, 0.29) is 5.91 Å². The summed E-state index contributed by atoms with van der Waals surface area (Å²) in [6.07, 6.45) is 0. The van der Waals surface area contributed by atoms with Crippen molar-refractivity contribution in [1.29, 1.82) is 0 Å². The normalized spacial score (nSPS) is 10.4. The molecule has 2 aromatic rings. The van der Waals surface area contributed by atoms with Crippen LogP contribution >= 0.6 is 11.3 Å². The van der Waals surface area contributed by atoms with E-state index in [1.54, 1.807) is 16.2 Å². The Morgan fingerprint density at radius 2 is 1.75 bits per heavy atom. The number of carbonyl (C=O) groups is 1. The molecule has 0 radical (unpaired) electrons. The molecule has 0 saturated carbocycles. The largest absolute Gasteiger partial charge is 0.378 e. The molecule has 106 valence electrons. The molecule has 0 atom stereocenters. The summed E-state index contributed by atoms with van der Waals surface area (Å²) in [6, 6.07) is 9.80. The lowest BCUT2D eigenvalue weighted by molar-refractivity contribution is 0.0786. The fourth-order valence-corrected chi connectivity index (χ4v) is 2.93. The Labute approximate surface area is 124 Å². The Hall–Kier alpha value is -1.81. The highest BCUT2D eigenvalue weighted by Gasteiger charge is 2.13. The van der Waals surface area contributed by atoms with Gasteiger partial charge in [-0.1, -0.05) is 0 Å². The van der Waals surface area contributed by atoms with Crippen LogP contribution in [0.1, 0.15) is 20.8 Å². The van der Waals surface area contributed by atoms with Gasteiger partial charge in [-0.2, -0.15) is 0 Å². The monoisotopic (exact) mass is 288 g/mol. The van der Waals surface area contributed by atoms with Crippen molar-refractivity contribution in [3.8, 4) is 0 Å². The van der Waals surface area contributed by atoms with Gasteiger partial charge in [0, 0.05) is 37.3 Å². The molecule has 0 spiro atoms. The molecule has 1 amide bonds. The first-order valence-corrected chi connectivity index (χ1v) is 7.43. The van der Waals surface area contributed by atoms with Crippen LogP contribution in [0.3, 0.4) is 0 Å². The summed E-state index contributed by atoms with van der Waals surface area (Å²) in [6.45, 7) is 2.74. The van der Waals surface area contributed by atoms with Crippen LogP contribution < -0.4 is 4.90 Å². The lowest BCUT2D eigenvalue weighted by Crippen LogP contribution is -2.26. The van der Waals surface area contributed by atoms with Gasteiger partial charge in [0.1, 0.15) is 0 Å². The second-order valence-corrected chi connectivity index (χ2v) is 6.13. The maximum absolute atomic E-state index is 12.4. The second kappa shape index (κ2) is 6.09. The van der Waals surface area contributed by atoms with Crippen molar-refractivity contribution < 1.29 is 4.79 Å². The van der Waals surface area contributed by atoms with Gasteiger partial charge in [-0.15, -0.1) is 11.3 Å². The van der Waals surface area contributed by atoms with Crippen LogP contribution in [0.5, 0.6) is 0 Å². The SMILES string of the molecule is Cc1ccsc1CN(C)C(=O)c1ccc(N(C)C)cc1. The zero-order valence-electron chi connectivity index (χ0n) is 12.4. The predicted molar refractivity (Wildman–Crippen MR) is 85.6 cm³/mol. The van der Waals surface area contributed by atoms with Crippen molar-refractivity contribution in [2.24, 2.45) is 0 Å². The number of hydrogen-bond donors (Lipinski definition) is 0. The molecule has 1 aromatic carbocycles. The number of carbonyl (C=O) groups excluding carboxylic acids is 1. The summed E-state index contributed by atoms with van der Waals surface area (Å²) in [5, 5.41) is 2.06. The van der Waals surface area contributed by atoms with Gasteiger partial charge >= 0.3 is 0 Å². The van der Waals surface area contributed by atoms with Crippen molar-refractivity contribution in [1.82, 2.24) is 4.90 Å². The maximum Gasteiger partial charge on any atom is 0.253 e. The second-order valence-electron chi connectivity index (χ2n) is 5.13. The first-order valence-electron chi connectivity index (χ1n) is 6.55. The molecule has 0 aliphatic carbocycles. The van der Waals surface area contributed by atoms with Gasteiger partial charge in [0.15, 0.2) is 0 Å². The van der Waals surface area contributed by atoms with Crippen molar-refractivity contribution >= 4 is 22.9 Å². The van der Waals surface area contributed by atoms with Crippen molar-refractivity contribution in [3.05, 3.63) is 51.7 Å². The van der Waals surface area contributed by atoms with Crippen LogP contribution in [0.15, 0.2) is 35.7 Å². The van der Waals surface area contributed by atoms with Crippen molar-refractivity contribution in [3.63, 3.8) is 0 Å². The highest BCUT2D eigenvalue weighted by atomic mass is 32.1. The third kappa shape index (κ3) is 3.20. The molecule has 0 aliphatic rings. The smallest absolute Gasteiger partial charge is 0.253 e. The van der Waals surface area contributed by atoms with Gasteiger partial charge in [-0.3, -0.25) is 4.79 Å². The Bertz CT molecular complexity index is 587. The Kier molecular flexibility index (Phi) is 4.45. The van der Waals surface area contributed by atoms with Crippen LogP contribution in [0.25, 0.3) is 0 Å². The predicted octanol–water partition coefficient (Wildman–Crippen LogP) is 3.39. The number of thiophene rings is 1. The summed E-state index contributed by atoms with van der Waals surface area (Å²) in [7, 11) is 5.83. The minimum Gasteiger partial charge on any atom is -0.378 e. The molecule has 0 fully saturated rings. The zero-order chi connectivity index (χ0) is 14.7. The molecular formula is C16H20N2OS. The molecule has 0 N–H and O–H groups in total. The van der Waals surface area contributed by atoms with Crippen LogP contribution in [0.4, 0.5) is 5.69 Å². The topological polar surface area (TPSA) is 23.6 Å². The van der Waals surface area contributed by atoms with Crippen LogP contribution in [-0.2, 0) is 6.54 Å². The van der Waals surface area contributed by atoms with E-state index >= 15 is 0 Å². The molecule has 3 nitrogen and oxygen atoms in total. The van der Waals surface area contributed by atoms with Gasteiger partial charge in [0.25, 0.3) is 5.91 Å². The Morgan fingerprint density at radius 3 is 2.25 bits per heavy atom. The fraction of sp³-hybridized carbons (Fsp3) is 0.312. The van der Waals surface area contributed by atoms with E-state index in [0.29, 0.717) is 6.54 Å². The van der Waals surface area contributed by atoms with Crippen molar-refractivity contribution in [2.75, 3.05) is 26.0 Å². The summed E-state index contributed by atoms with van der Waals surface area (Å²) in [5.74, 6) is 0.0584. The summed E-state index contributed by atoms with van der Waals surface area (Å²) in [5.41, 5.74) is 3.07. The number of benzene rings is 1. The fourth-order valence-electron chi connectivity index (χ4n) is 1.98. The highest BCUT2D eigenvalue weighted by Crippen LogP contribution is 2.19. The quantitative estimate of drug-likeness (QED) is 0.861. The van der Waals surface area contributed by atoms with E-state index < -0.39 is 0 Å². The van der Waals surface area contributed by atoms with Gasteiger partial charge in [-0.25, -0.2) is 0 Å². The Balaban J connectivity index is 2.08. The van der Waals surface area contributed by atoms with E-state index in [9.17, 15) is 4.79 Å². The van der Waals surface area contributed by atoms with Gasteiger partial charge in [-0.05, 0) is 48.2 Å². The molecule has 20 heavy (non-hydrogen) atoms. The standard InChI is InChI=1S/C16H20N2OS/c1-12-9-10-20-15(12)11-18(4)16(19)13-5-7-14(8-6-13)17(2)3/h5-10H,11H2,1-4H3. The van der Waals surface area contributed by atoms with Gasteiger partial charge in [0.2, 0.25) is 0 Å². The highest BCUT2D eigenvalue weighted by molar-refractivity contribution is 7.10. The summed E-state index contributed by atoms with van der Waals surface area (Å²) < 4.78 is 0.